The van der Waals surface area contributed by atoms with Crippen molar-refractivity contribution in [2.75, 3.05) is 5.32 Å². The number of hydrogen-bond acceptors (Lipinski definition) is 3. The van der Waals surface area contributed by atoms with Crippen LogP contribution in [0.2, 0.25) is 0 Å². The lowest BCUT2D eigenvalue weighted by Gasteiger charge is -2.13. The lowest BCUT2D eigenvalue weighted by atomic mass is 9.98. The number of amides is 2. The van der Waals surface area contributed by atoms with Crippen LogP contribution in [0.1, 0.15) is 44.6 Å². The Labute approximate surface area is 118 Å². The molecular weight excluding hydrogens is 254 g/mol. The van der Waals surface area contributed by atoms with Crippen molar-refractivity contribution in [3.05, 3.63) is 29.8 Å². The molecule has 1 aliphatic rings. The molecule has 0 fully saturated rings. The minimum atomic E-state index is -0.263. The number of nitrogens with zero attached hydrogens (tertiary/aromatic N) is 1. The van der Waals surface area contributed by atoms with Crippen LogP contribution in [0.4, 0.5) is 5.69 Å². The Bertz CT molecular complexity index is 535. The molecule has 2 rings (SSSR count). The molecule has 106 valence electrons. The smallest absolute Gasteiger partial charge is 0.271 e. The van der Waals surface area contributed by atoms with Gasteiger partial charge < -0.3 is 5.32 Å². The van der Waals surface area contributed by atoms with Gasteiger partial charge in [-0.25, -0.2) is 5.43 Å². The van der Waals surface area contributed by atoms with E-state index in [2.05, 4.69) is 29.7 Å². The van der Waals surface area contributed by atoms with Crippen LogP contribution in [0.15, 0.2) is 29.4 Å². The molecule has 0 aliphatic carbocycles. The Kier molecular flexibility index (Phi) is 4.50. The standard InChI is InChI=1S/C15H19N3O2/c1-3-10(2)11-4-6-12(7-5-11)16-15(20)13-8-9-14(19)18-17-13/h4-7,10H,3,8-9H2,1-2H3,(H,16,20)(H,18,19). The molecule has 0 spiro atoms. The Balaban J connectivity index is 1.99. The maximum Gasteiger partial charge on any atom is 0.271 e. The van der Waals surface area contributed by atoms with Crippen LogP contribution in [0.25, 0.3) is 0 Å². The Morgan fingerprint density at radius 3 is 2.60 bits per heavy atom. The van der Waals surface area contributed by atoms with Gasteiger partial charge in [0.1, 0.15) is 5.71 Å². The second-order valence-corrected chi connectivity index (χ2v) is 4.98. The number of hydrazone groups is 1. The Morgan fingerprint density at radius 2 is 2.05 bits per heavy atom. The van der Waals surface area contributed by atoms with E-state index in [9.17, 15) is 9.59 Å². The van der Waals surface area contributed by atoms with Crippen LogP contribution in [-0.4, -0.2) is 17.5 Å². The van der Waals surface area contributed by atoms with Gasteiger partial charge in [0.05, 0.1) is 0 Å². The first-order valence-electron chi connectivity index (χ1n) is 6.87. The molecule has 0 saturated carbocycles. The second kappa shape index (κ2) is 6.32. The third-order valence-corrected chi connectivity index (χ3v) is 3.52. The van der Waals surface area contributed by atoms with Crippen molar-refractivity contribution in [1.29, 1.82) is 0 Å². The van der Waals surface area contributed by atoms with Crippen LogP contribution in [0.3, 0.4) is 0 Å². The normalized spacial score (nSPS) is 16.1. The van der Waals surface area contributed by atoms with Gasteiger partial charge in [0.25, 0.3) is 5.91 Å². The molecule has 1 aromatic rings. The molecule has 0 bridgehead atoms. The number of carbonyl (C=O) groups is 2. The van der Waals surface area contributed by atoms with Crippen LogP contribution in [-0.2, 0) is 9.59 Å². The average Bonchev–Trinajstić information content (AvgIpc) is 2.48. The van der Waals surface area contributed by atoms with Crippen LogP contribution < -0.4 is 10.7 Å². The zero-order valence-corrected chi connectivity index (χ0v) is 11.8. The summed E-state index contributed by atoms with van der Waals surface area (Å²) in [5, 5.41) is 6.56. The Hall–Kier alpha value is -2.17. The predicted octanol–water partition coefficient (Wildman–Crippen LogP) is 2.40. The molecule has 20 heavy (non-hydrogen) atoms. The molecule has 1 aromatic carbocycles. The largest absolute Gasteiger partial charge is 0.321 e. The topological polar surface area (TPSA) is 70.6 Å². The highest BCUT2D eigenvalue weighted by molar-refractivity contribution is 6.43. The summed E-state index contributed by atoms with van der Waals surface area (Å²) >= 11 is 0. The van der Waals surface area contributed by atoms with Gasteiger partial charge in [0.15, 0.2) is 0 Å². The minimum Gasteiger partial charge on any atom is -0.321 e. The third-order valence-electron chi connectivity index (χ3n) is 3.52. The molecule has 5 nitrogen and oxygen atoms in total. The van der Waals surface area contributed by atoms with E-state index in [1.165, 1.54) is 5.56 Å². The summed E-state index contributed by atoms with van der Waals surface area (Å²) in [6.45, 7) is 4.32. The number of benzene rings is 1. The molecule has 1 aliphatic heterocycles. The average molecular weight is 273 g/mol. The van der Waals surface area contributed by atoms with E-state index < -0.39 is 0 Å². The quantitative estimate of drug-likeness (QED) is 0.884. The highest BCUT2D eigenvalue weighted by Gasteiger charge is 2.18. The Morgan fingerprint density at radius 1 is 1.35 bits per heavy atom. The first-order valence-corrected chi connectivity index (χ1v) is 6.87. The number of carbonyl (C=O) groups excluding carboxylic acids is 2. The SMILES string of the molecule is CCC(C)c1ccc(NC(=O)C2=NNC(=O)CC2)cc1. The van der Waals surface area contributed by atoms with Gasteiger partial charge in [0.2, 0.25) is 5.91 Å². The fourth-order valence-corrected chi connectivity index (χ4v) is 1.97. The lowest BCUT2D eigenvalue weighted by molar-refractivity contribution is -0.121. The van der Waals surface area contributed by atoms with E-state index in [0.717, 1.165) is 12.1 Å². The fraction of sp³-hybridized carbons (Fsp3) is 0.400. The molecule has 5 heteroatoms. The molecule has 1 heterocycles. The molecule has 0 radical (unpaired) electrons. The fourth-order valence-electron chi connectivity index (χ4n) is 1.97. The molecule has 1 unspecified atom stereocenters. The first kappa shape index (κ1) is 14.2. The molecule has 1 atom stereocenters. The zero-order valence-electron chi connectivity index (χ0n) is 11.8. The highest BCUT2D eigenvalue weighted by atomic mass is 16.2. The summed E-state index contributed by atoms with van der Waals surface area (Å²) in [7, 11) is 0. The van der Waals surface area contributed by atoms with Gasteiger partial charge in [-0.05, 0) is 30.0 Å². The van der Waals surface area contributed by atoms with E-state index in [-0.39, 0.29) is 11.8 Å². The van der Waals surface area contributed by atoms with Crippen molar-refractivity contribution in [3.8, 4) is 0 Å². The zero-order chi connectivity index (χ0) is 14.5. The van der Waals surface area contributed by atoms with Crippen LogP contribution in [0, 0.1) is 0 Å². The molecule has 0 aromatic heterocycles. The van der Waals surface area contributed by atoms with Crippen molar-refractivity contribution in [3.63, 3.8) is 0 Å². The van der Waals surface area contributed by atoms with E-state index in [0.29, 0.717) is 24.5 Å². The van der Waals surface area contributed by atoms with Crippen LogP contribution >= 0.6 is 0 Å². The number of nitrogens with one attached hydrogen (secondary N) is 2. The maximum atomic E-state index is 12.0. The molecular formula is C15H19N3O2. The van der Waals surface area contributed by atoms with E-state index in [1.54, 1.807) is 0 Å². The molecule has 0 saturated heterocycles. The van der Waals surface area contributed by atoms with Crippen molar-refractivity contribution < 1.29 is 9.59 Å². The summed E-state index contributed by atoms with van der Waals surface area (Å²) in [6, 6.07) is 7.82. The number of hydrogen-bond donors (Lipinski definition) is 2. The monoisotopic (exact) mass is 273 g/mol. The van der Waals surface area contributed by atoms with Crippen LogP contribution in [0.5, 0.6) is 0 Å². The summed E-state index contributed by atoms with van der Waals surface area (Å²) in [4.78, 5) is 22.9. The van der Waals surface area contributed by atoms with Crippen molar-refractivity contribution >= 4 is 23.2 Å². The number of rotatable bonds is 4. The predicted molar refractivity (Wildman–Crippen MR) is 78.6 cm³/mol. The van der Waals surface area contributed by atoms with Crippen molar-refractivity contribution in [2.45, 2.75) is 39.0 Å². The number of anilines is 1. The van der Waals surface area contributed by atoms with Gasteiger partial charge in [-0.1, -0.05) is 26.0 Å². The summed E-state index contributed by atoms with van der Waals surface area (Å²) in [6.07, 6.45) is 1.77. The lowest BCUT2D eigenvalue weighted by Crippen LogP contribution is -2.32. The molecule has 2 amide bonds. The molecule has 2 N–H and O–H groups in total. The van der Waals surface area contributed by atoms with Gasteiger partial charge in [-0.2, -0.15) is 5.10 Å². The first-order chi connectivity index (χ1) is 9.60. The van der Waals surface area contributed by atoms with Gasteiger partial charge in [-0.3, -0.25) is 9.59 Å². The van der Waals surface area contributed by atoms with E-state index >= 15 is 0 Å². The van der Waals surface area contributed by atoms with Gasteiger partial charge in [0, 0.05) is 18.5 Å². The van der Waals surface area contributed by atoms with Gasteiger partial charge in [-0.15, -0.1) is 0 Å². The van der Waals surface area contributed by atoms with E-state index in [1.807, 2.05) is 24.3 Å². The summed E-state index contributed by atoms with van der Waals surface area (Å²) < 4.78 is 0. The van der Waals surface area contributed by atoms with Crippen molar-refractivity contribution in [2.24, 2.45) is 5.10 Å². The van der Waals surface area contributed by atoms with E-state index in [4.69, 9.17) is 0 Å². The van der Waals surface area contributed by atoms with Crippen molar-refractivity contribution in [1.82, 2.24) is 5.43 Å². The maximum absolute atomic E-state index is 12.0. The summed E-state index contributed by atoms with van der Waals surface area (Å²) in [5.41, 5.74) is 4.67. The summed E-state index contributed by atoms with van der Waals surface area (Å²) in [5.74, 6) is 0.0958. The minimum absolute atomic E-state index is 0.153. The highest BCUT2D eigenvalue weighted by Crippen LogP contribution is 2.20. The third kappa shape index (κ3) is 3.44. The second-order valence-electron chi connectivity index (χ2n) is 4.98. The van der Waals surface area contributed by atoms with Gasteiger partial charge >= 0.3 is 0 Å².